The zero-order valence-electron chi connectivity index (χ0n) is 9.50. The van der Waals surface area contributed by atoms with Crippen molar-refractivity contribution in [2.45, 2.75) is 18.2 Å². The normalized spacial score (nSPS) is 19.4. The first kappa shape index (κ1) is 11.3. The SMILES string of the molecule is COc1cc(OC)cc(C2=CC(Cl)CC2)c1. The van der Waals surface area contributed by atoms with Crippen LogP contribution in [0, 0.1) is 0 Å². The van der Waals surface area contributed by atoms with E-state index in [2.05, 4.69) is 6.08 Å². The van der Waals surface area contributed by atoms with Gasteiger partial charge in [0.05, 0.1) is 19.6 Å². The number of rotatable bonds is 3. The van der Waals surface area contributed by atoms with E-state index in [0.717, 1.165) is 29.9 Å². The third-order valence-electron chi connectivity index (χ3n) is 2.79. The van der Waals surface area contributed by atoms with Gasteiger partial charge >= 0.3 is 0 Å². The molecule has 16 heavy (non-hydrogen) atoms. The van der Waals surface area contributed by atoms with Crippen molar-refractivity contribution in [3.63, 3.8) is 0 Å². The molecule has 1 aromatic rings. The molecule has 0 aliphatic heterocycles. The van der Waals surface area contributed by atoms with E-state index >= 15 is 0 Å². The predicted octanol–water partition coefficient (Wildman–Crippen LogP) is 3.49. The fraction of sp³-hybridized carbons (Fsp3) is 0.385. The maximum atomic E-state index is 6.07. The number of methoxy groups -OCH3 is 2. The van der Waals surface area contributed by atoms with E-state index in [4.69, 9.17) is 21.1 Å². The molecular formula is C13H15ClO2. The van der Waals surface area contributed by atoms with Gasteiger partial charge in [-0.2, -0.15) is 0 Å². The second kappa shape index (κ2) is 4.79. The van der Waals surface area contributed by atoms with Crippen LogP contribution in [0.1, 0.15) is 18.4 Å². The van der Waals surface area contributed by atoms with Crippen molar-refractivity contribution in [3.05, 3.63) is 29.8 Å². The van der Waals surface area contributed by atoms with Crippen molar-refractivity contribution < 1.29 is 9.47 Å². The van der Waals surface area contributed by atoms with Crippen LogP contribution in [0.15, 0.2) is 24.3 Å². The Hall–Kier alpha value is -1.15. The fourth-order valence-corrected chi connectivity index (χ4v) is 2.17. The van der Waals surface area contributed by atoms with Crippen molar-refractivity contribution in [3.8, 4) is 11.5 Å². The number of alkyl halides is 1. The Kier molecular flexibility index (Phi) is 3.39. The number of allylic oxidation sites excluding steroid dienone is 2. The molecule has 0 aromatic heterocycles. The molecule has 1 aliphatic carbocycles. The molecule has 86 valence electrons. The highest BCUT2D eigenvalue weighted by atomic mass is 35.5. The van der Waals surface area contributed by atoms with E-state index < -0.39 is 0 Å². The van der Waals surface area contributed by atoms with Crippen LogP contribution >= 0.6 is 11.6 Å². The minimum Gasteiger partial charge on any atom is -0.497 e. The standard InChI is InChI=1S/C13H15ClO2/c1-15-12-6-10(7-13(8-12)16-2)9-3-4-11(14)5-9/h5-8,11H,3-4H2,1-2H3. The Morgan fingerprint density at radius 3 is 2.19 bits per heavy atom. The highest BCUT2D eigenvalue weighted by Gasteiger charge is 2.15. The van der Waals surface area contributed by atoms with Crippen molar-refractivity contribution in [2.75, 3.05) is 14.2 Å². The molecule has 0 fully saturated rings. The van der Waals surface area contributed by atoms with Crippen LogP contribution in [0.3, 0.4) is 0 Å². The van der Waals surface area contributed by atoms with Gasteiger partial charge in [0.25, 0.3) is 0 Å². The number of benzene rings is 1. The van der Waals surface area contributed by atoms with Crippen LogP contribution in [-0.4, -0.2) is 19.6 Å². The van der Waals surface area contributed by atoms with Crippen molar-refractivity contribution in [1.29, 1.82) is 0 Å². The van der Waals surface area contributed by atoms with Crippen LogP contribution in [0.5, 0.6) is 11.5 Å². The lowest BCUT2D eigenvalue weighted by Gasteiger charge is -2.08. The first-order valence-electron chi connectivity index (χ1n) is 5.31. The molecule has 0 saturated carbocycles. The van der Waals surface area contributed by atoms with Gasteiger partial charge < -0.3 is 9.47 Å². The maximum absolute atomic E-state index is 6.07. The zero-order chi connectivity index (χ0) is 11.5. The third kappa shape index (κ3) is 2.33. The van der Waals surface area contributed by atoms with Crippen LogP contribution in [-0.2, 0) is 0 Å². The lowest BCUT2D eigenvalue weighted by Crippen LogP contribution is -1.90. The van der Waals surface area contributed by atoms with E-state index in [1.807, 2.05) is 18.2 Å². The molecule has 1 aromatic carbocycles. The minimum atomic E-state index is 0.159. The van der Waals surface area contributed by atoms with Gasteiger partial charge in [0.15, 0.2) is 0 Å². The number of halogens is 1. The smallest absolute Gasteiger partial charge is 0.123 e. The lowest BCUT2D eigenvalue weighted by atomic mass is 10.0. The topological polar surface area (TPSA) is 18.5 Å². The Bertz CT molecular complexity index is 390. The van der Waals surface area contributed by atoms with Gasteiger partial charge in [-0.1, -0.05) is 6.08 Å². The quantitative estimate of drug-likeness (QED) is 0.751. The number of hydrogen-bond donors (Lipinski definition) is 0. The molecule has 0 spiro atoms. The predicted molar refractivity (Wildman–Crippen MR) is 66.4 cm³/mol. The summed E-state index contributed by atoms with van der Waals surface area (Å²) in [5.41, 5.74) is 2.41. The van der Waals surface area contributed by atoms with Crippen molar-refractivity contribution in [2.24, 2.45) is 0 Å². The van der Waals surface area contributed by atoms with E-state index in [1.165, 1.54) is 5.57 Å². The molecule has 0 saturated heterocycles. The van der Waals surface area contributed by atoms with Crippen LogP contribution < -0.4 is 9.47 Å². The average Bonchev–Trinajstić information content (AvgIpc) is 2.75. The molecule has 1 unspecified atom stereocenters. The minimum absolute atomic E-state index is 0.159. The molecule has 0 amide bonds. The number of ether oxygens (including phenoxy) is 2. The third-order valence-corrected chi connectivity index (χ3v) is 3.14. The average molecular weight is 239 g/mol. The highest BCUT2D eigenvalue weighted by Crippen LogP contribution is 2.34. The van der Waals surface area contributed by atoms with Crippen LogP contribution in [0.2, 0.25) is 0 Å². The van der Waals surface area contributed by atoms with E-state index in [1.54, 1.807) is 14.2 Å². The summed E-state index contributed by atoms with van der Waals surface area (Å²) in [6.07, 6.45) is 4.14. The molecule has 2 rings (SSSR count). The molecule has 0 radical (unpaired) electrons. The first-order chi connectivity index (χ1) is 7.72. The Labute approximate surface area is 101 Å². The summed E-state index contributed by atoms with van der Waals surface area (Å²) in [7, 11) is 3.32. The Morgan fingerprint density at radius 1 is 1.12 bits per heavy atom. The molecule has 0 heterocycles. The van der Waals surface area contributed by atoms with Gasteiger partial charge in [-0.15, -0.1) is 11.6 Å². The summed E-state index contributed by atoms with van der Waals surface area (Å²) in [4.78, 5) is 0. The summed E-state index contributed by atoms with van der Waals surface area (Å²) >= 11 is 6.07. The first-order valence-corrected chi connectivity index (χ1v) is 5.75. The lowest BCUT2D eigenvalue weighted by molar-refractivity contribution is 0.394. The van der Waals surface area contributed by atoms with Gasteiger partial charge in [0.1, 0.15) is 11.5 Å². The highest BCUT2D eigenvalue weighted by molar-refractivity contribution is 6.22. The van der Waals surface area contributed by atoms with Gasteiger partial charge in [0.2, 0.25) is 0 Å². The molecule has 1 aliphatic rings. The van der Waals surface area contributed by atoms with Crippen molar-refractivity contribution >= 4 is 17.2 Å². The summed E-state index contributed by atoms with van der Waals surface area (Å²) in [5, 5.41) is 0.159. The molecule has 0 N–H and O–H groups in total. The van der Waals surface area contributed by atoms with Gasteiger partial charge in [-0.3, -0.25) is 0 Å². The summed E-state index contributed by atoms with van der Waals surface area (Å²) in [6, 6.07) is 5.91. The van der Waals surface area contributed by atoms with Crippen LogP contribution in [0.25, 0.3) is 5.57 Å². The summed E-state index contributed by atoms with van der Waals surface area (Å²) in [6.45, 7) is 0. The van der Waals surface area contributed by atoms with Crippen LogP contribution in [0.4, 0.5) is 0 Å². The van der Waals surface area contributed by atoms with E-state index in [9.17, 15) is 0 Å². The van der Waals surface area contributed by atoms with E-state index in [0.29, 0.717) is 0 Å². The zero-order valence-corrected chi connectivity index (χ0v) is 10.3. The second-order valence-corrected chi connectivity index (χ2v) is 4.41. The summed E-state index contributed by atoms with van der Waals surface area (Å²) < 4.78 is 10.5. The van der Waals surface area contributed by atoms with E-state index in [-0.39, 0.29) is 5.38 Å². The molecule has 0 bridgehead atoms. The van der Waals surface area contributed by atoms with Gasteiger partial charge in [0, 0.05) is 6.07 Å². The van der Waals surface area contributed by atoms with Gasteiger partial charge in [-0.05, 0) is 36.1 Å². The van der Waals surface area contributed by atoms with Crippen molar-refractivity contribution in [1.82, 2.24) is 0 Å². The molecule has 1 atom stereocenters. The number of hydrogen-bond acceptors (Lipinski definition) is 2. The Balaban J connectivity index is 2.36. The second-order valence-electron chi connectivity index (χ2n) is 3.85. The van der Waals surface area contributed by atoms with Gasteiger partial charge in [-0.25, -0.2) is 0 Å². The fourth-order valence-electron chi connectivity index (χ4n) is 1.91. The molecule has 2 nitrogen and oxygen atoms in total. The largest absolute Gasteiger partial charge is 0.497 e. The summed E-state index contributed by atoms with van der Waals surface area (Å²) in [5.74, 6) is 1.63. The molecule has 3 heteroatoms. The Morgan fingerprint density at radius 2 is 1.75 bits per heavy atom. The maximum Gasteiger partial charge on any atom is 0.123 e. The monoisotopic (exact) mass is 238 g/mol. The molecular weight excluding hydrogens is 224 g/mol.